The quantitative estimate of drug-likeness (QED) is 0.899. The highest BCUT2D eigenvalue weighted by molar-refractivity contribution is 5.27. The average Bonchev–Trinajstić information content (AvgIpc) is 2.41. The van der Waals surface area contributed by atoms with E-state index in [2.05, 4.69) is 74.1 Å². The highest BCUT2D eigenvalue weighted by Crippen LogP contribution is 2.21. The maximum atomic E-state index is 3.54. The van der Waals surface area contributed by atoms with Crippen LogP contribution in [0, 0.1) is 0 Å². The lowest BCUT2D eigenvalue weighted by molar-refractivity contribution is 0.0358. The van der Waals surface area contributed by atoms with Gasteiger partial charge < -0.3 is 5.32 Å². The zero-order chi connectivity index (χ0) is 15.5. The van der Waals surface area contributed by atoms with Crippen molar-refractivity contribution in [1.82, 2.24) is 15.1 Å². The van der Waals surface area contributed by atoms with Crippen molar-refractivity contribution in [2.75, 3.05) is 26.7 Å². The van der Waals surface area contributed by atoms with Crippen LogP contribution >= 0.6 is 0 Å². The summed E-state index contributed by atoms with van der Waals surface area (Å²) in [5, 5.41) is 3.54. The molecule has 118 valence electrons. The van der Waals surface area contributed by atoms with Crippen molar-refractivity contribution in [3.8, 4) is 0 Å². The molecule has 1 aromatic rings. The van der Waals surface area contributed by atoms with Crippen LogP contribution in [0.1, 0.15) is 38.8 Å². The third kappa shape index (κ3) is 4.53. The van der Waals surface area contributed by atoms with E-state index in [1.807, 2.05) is 0 Å². The van der Waals surface area contributed by atoms with Gasteiger partial charge in [0.05, 0.1) is 0 Å². The van der Waals surface area contributed by atoms with Gasteiger partial charge in [0.15, 0.2) is 0 Å². The van der Waals surface area contributed by atoms with Crippen molar-refractivity contribution >= 4 is 0 Å². The Labute approximate surface area is 130 Å². The van der Waals surface area contributed by atoms with E-state index < -0.39 is 0 Å². The molecule has 1 N–H and O–H groups in total. The van der Waals surface area contributed by atoms with Gasteiger partial charge in [-0.2, -0.15) is 0 Å². The number of likely N-dealkylation sites (N-methyl/N-ethyl adjacent to an activating group) is 1. The van der Waals surface area contributed by atoms with Gasteiger partial charge in [-0.3, -0.25) is 9.80 Å². The highest BCUT2D eigenvalue weighted by atomic mass is 15.3. The molecular weight excluding hydrogens is 258 g/mol. The summed E-state index contributed by atoms with van der Waals surface area (Å²) in [7, 11) is 2.23. The highest BCUT2D eigenvalue weighted by Gasteiger charge is 2.30. The second-order valence-electron chi connectivity index (χ2n) is 7.25. The van der Waals surface area contributed by atoms with E-state index in [-0.39, 0.29) is 5.54 Å². The maximum Gasteiger partial charge on any atom is 0.0277 e. The largest absolute Gasteiger partial charge is 0.310 e. The van der Waals surface area contributed by atoms with Crippen LogP contribution < -0.4 is 5.32 Å². The first kappa shape index (κ1) is 16.5. The molecule has 3 nitrogen and oxygen atoms in total. The predicted molar refractivity (Wildman–Crippen MR) is 90.4 cm³/mol. The topological polar surface area (TPSA) is 18.5 Å². The van der Waals surface area contributed by atoms with Gasteiger partial charge in [-0.1, -0.05) is 38.1 Å². The minimum atomic E-state index is 0.267. The molecule has 1 aliphatic heterocycles. The molecule has 0 saturated carbocycles. The molecule has 0 atom stereocenters. The molecular formula is C18H31N3. The fourth-order valence-electron chi connectivity index (χ4n) is 2.92. The number of benzene rings is 1. The molecule has 2 rings (SSSR count). The molecule has 0 bridgehead atoms. The van der Waals surface area contributed by atoms with Crippen molar-refractivity contribution in [3.63, 3.8) is 0 Å². The van der Waals surface area contributed by atoms with Crippen LogP contribution in [0.15, 0.2) is 24.3 Å². The van der Waals surface area contributed by atoms with E-state index >= 15 is 0 Å². The second kappa shape index (κ2) is 6.91. The van der Waals surface area contributed by atoms with Crippen LogP contribution in [-0.2, 0) is 13.1 Å². The minimum Gasteiger partial charge on any atom is -0.310 e. The van der Waals surface area contributed by atoms with Crippen LogP contribution in [-0.4, -0.2) is 48.1 Å². The predicted octanol–water partition coefficient (Wildman–Crippen LogP) is 2.71. The normalized spacial score (nSPS) is 20.1. The molecule has 1 heterocycles. The van der Waals surface area contributed by atoms with Crippen molar-refractivity contribution < 1.29 is 0 Å². The Balaban J connectivity index is 2.02. The Kier molecular flexibility index (Phi) is 5.42. The molecule has 0 unspecified atom stereocenters. The maximum absolute atomic E-state index is 3.54. The Morgan fingerprint density at radius 3 is 2.43 bits per heavy atom. The second-order valence-corrected chi connectivity index (χ2v) is 7.25. The van der Waals surface area contributed by atoms with Crippen molar-refractivity contribution in [1.29, 1.82) is 0 Å². The number of piperazine rings is 1. The van der Waals surface area contributed by atoms with E-state index in [4.69, 9.17) is 0 Å². The van der Waals surface area contributed by atoms with E-state index in [0.717, 1.165) is 32.7 Å². The summed E-state index contributed by atoms with van der Waals surface area (Å²) in [6.07, 6.45) is 0. The van der Waals surface area contributed by atoms with Crippen molar-refractivity contribution in [2.45, 2.75) is 52.4 Å². The van der Waals surface area contributed by atoms with Gasteiger partial charge in [0.2, 0.25) is 0 Å². The lowest BCUT2D eigenvalue weighted by Crippen LogP contribution is -2.57. The third-order valence-corrected chi connectivity index (χ3v) is 4.61. The van der Waals surface area contributed by atoms with Crippen LogP contribution in [0.3, 0.4) is 0 Å². The van der Waals surface area contributed by atoms with Crippen molar-refractivity contribution in [2.24, 2.45) is 0 Å². The molecule has 3 heteroatoms. The molecule has 1 saturated heterocycles. The third-order valence-electron chi connectivity index (χ3n) is 4.61. The number of nitrogens with zero attached hydrogens (tertiary/aromatic N) is 2. The number of rotatable bonds is 5. The summed E-state index contributed by atoms with van der Waals surface area (Å²) >= 11 is 0. The van der Waals surface area contributed by atoms with Crippen molar-refractivity contribution in [3.05, 3.63) is 35.4 Å². The van der Waals surface area contributed by atoms with Crippen LogP contribution in [0.5, 0.6) is 0 Å². The number of hydrogen-bond donors (Lipinski definition) is 1. The van der Waals surface area contributed by atoms with Gasteiger partial charge in [0.1, 0.15) is 0 Å². The Morgan fingerprint density at radius 1 is 1.14 bits per heavy atom. The van der Waals surface area contributed by atoms with Crippen LogP contribution in [0.25, 0.3) is 0 Å². The molecule has 1 aliphatic rings. The van der Waals surface area contributed by atoms with Crippen LogP contribution in [0.4, 0.5) is 0 Å². The smallest absolute Gasteiger partial charge is 0.0277 e. The van der Waals surface area contributed by atoms with E-state index in [9.17, 15) is 0 Å². The number of hydrogen-bond acceptors (Lipinski definition) is 3. The molecule has 0 amide bonds. The monoisotopic (exact) mass is 289 g/mol. The van der Waals surface area contributed by atoms with Gasteiger partial charge >= 0.3 is 0 Å². The molecule has 0 radical (unpaired) electrons. The Hall–Kier alpha value is -0.900. The molecule has 1 aromatic carbocycles. The van der Waals surface area contributed by atoms with E-state index in [0.29, 0.717) is 6.04 Å². The van der Waals surface area contributed by atoms with Gasteiger partial charge in [-0.15, -0.1) is 0 Å². The first-order valence-corrected chi connectivity index (χ1v) is 8.12. The standard InChI is InChI=1S/C18H31N3/c1-15(2)19-12-16-8-6-7-9-17(16)13-21-11-10-20(5)18(3,4)14-21/h6-9,15,19H,10-14H2,1-5H3. The zero-order valence-electron chi connectivity index (χ0n) is 14.3. The summed E-state index contributed by atoms with van der Waals surface area (Å²) in [4.78, 5) is 5.06. The SMILES string of the molecule is CC(C)NCc1ccccc1CN1CCN(C)C(C)(C)C1. The first-order valence-electron chi connectivity index (χ1n) is 8.12. The summed E-state index contributed by atoms with van der Waals surface area (Å²) in [6.45, 7) is 14.5. The fourth-order valence-corrected chi connectivity index (χ4v) is 2.92. The first-order chi connectivity index (χ1) is 9.88. The molecule has 0 spiro atoms. The summed E-state index contributed by atoms with van der Waals surface area (Å²) < 4.78 is 0. The average molecular weight is 289 g/mol. The van der Waals surface area contributed by atoms with Gasteiger partial charge in [-0.05, 0) is 32.0 Å². The Morgan fingerprint density at radius 2 is 1.81 bits per heavy atom. The molecule has 0 aliphatic carbocycles. The number of nitrogens with one attached hydrogen (secondary N) is 1. The Bertz CT molecular complexity index is 454. The molecule has 1 fully saturated rings. The fraction of sp³-hybridized carbons (Fsp3) is 0.667. The van der Waals surface area contributed by atoms with Gasteiger partial charge in [0.25, 0.3) is 0 Å². The van der Waals surface area contributed by atoms with E-state index in [1.165, 1.54) is 11.1 Å². The van der Waals surface area contributed by atoms with Crippen LogP contribution in [0.2, 0.25) is 0 Å². The molecule has 21 heavy (non-hydrogen) atoms. The minimum absolute atomic E-state index is 0.267. The van der Waals surface area contributed by atoms with Gasteiger partial charge in [-0.25, -0.2) is 0 Å². The summed E-state index contributed by atoms with van der Waals surface area (Å²) in [5.74, 6) is 0. The lowest BCUT2D eigenvalue weighted by atomic mass is 9.98. The molecule has 0 aromatic heterocycles. The van der Waals surface area contributed by atoms with E-state index in [1.54, 1.807) is 0 Å². The lowest BCUT2D eigenvalue weighted by Gasteiger charge is -2.45. The summed E-state index contributed by atoms with van der Waals surface area (Å²) in [5.41, 5.74) is 3.16. The van der Waals surface area contributed by atoms with Gasteiger partial charge in [0, 0.05) is 44.3 Å². The zero-order valence-corrected chi connectivity index (χ0v) is 14.3. The summed E-state index contributed by atoms with van der Waals surface area (Å²) in [6, 6.07) is 9.37.